The molecule has 4 heteroatoms. The van der Waals surface area contributed by atoms with Crippen LogP contribution in [0.2, 0.25) is 0 Å². The number of carbonyl (C=O) groups excluding carboxylic acids is 1. The Morgan fingerprint density at radius 3 is 2.94 bits per heavy atom. The molecule has 1 aromatic rings. The Morgan fingerprint density at radius 2 is 2.44 bits per heavy atom. The number of rotatable bonds is 5. The van der Waals surface area contributed by atoms with Crippen LogP contribution < -0.4 is 5.73 Å². The first kappa shape index (κ1) is 11.6. The molecule has 1 amide bonds. The van der Waals surface area contributed by atoms with Crippen LogP contribution in [0.5, 0.6) is 0 Å². The van der Waals surface area contributed by atoms with Crippen LogP contribution in [0.4, 0.5) is 0 Å². The summed E-state index contributed by atoms with van der Waals surface area (Å²) in [6.07, 6.45) is 2.98. The summed E-state index contributed by atoms with van der Waals surface area (Å²) < 4.78 is 0. The van der Waals surface area contributed by atoms with E-state index in [0.717, 1.165) is 19.4 Å². The van der Waals surface area contributed by atoms with Crippen molar-refractivity contribution in [2.24, 2.45) is 5.73 Å². The summed E-state index contributed by atoms with van der Waals surface area (Å²) in [6, 6.07) is 4.20. The second-order valence-electron chi connectivity index (χ2n) is 4.29. The normalized spacial score (nSPS) is 17.1. The van der Waals surface area contributed by atoms with Crippen LogP contribution in [-0.4, -0.2) is 22.9 Å². The van der Waals surface area contributed by atoms with Gasteiger partial charge in [0.05, 0.1) is 12.6 Å². The zero-order valence-electron chi connectivity index (χ0n) is 9.56. The predicted molar refractivity (Wildman–Crippen MR) is 66.2 cm³/mol. The predicted octanol–water partition coefficient (Wildman–Crippen LogP) is 1.98. The summed E-state index contributed by atoms with van der Waals surface area (Å²) in [4.78, 5) is 15.3. The molecule has 16 heavy (non-hydrogen) atoms. The van der Waals surface area contributed by atoms with E-state index in [1.165, 1.54) is 4.88 Å². The quantitative estimate of drug-likeness (QED) is 0.852. The van der Waals surface area contributed by atoms with Crippen LogP contribution in [0.15, 0.2) is 17.5 Å². The molecule has 0 radical (unpaired) electrons. The lowest BCUT2D eigenvalue weighted by Crippen LogP contribution is -2.44. The lowest BCUT2D eigenvalue weighted by Gasteiger charge is -2.24. The van der Waals surface area contributed by atoms with Crippen molar-refractivity contribution in [1.29, 1.82) is 0 Å². The van der Waals surface area contributed by atoms with Gasteiger partial charge in [0.2, 0.25) is 5.91 Å². The summed E-state index contributed by atoms with van der Waals surface area (Å²) in [5, 5.41) is 2.05. The second-order valence-corrected chi connectivity index (χ2v) is 5.32. The minimum absolute atomic E-state index is 0.110. The Kier molecular flexibility index (Phi) is 3.61. The summed E-state index contributed by atoms with van der Waals surface area (Å²) in [5.41, 5.74) is 5.82. The molecule has 0 aliphatic heterocycles. The lowest BCUT2D eigenvalue weighted by molar-refractivity contribution is -0.133. The molecule has 0 spiro atoms. The molecule has 0 bridgehead atoms. The van der Waals surface area contributed by atoms with Crippen molar-refractivity contribution in [3.8, 4) is 0 Å². The van der Waals surface area contributed by atoms with Gasteiger partial charge in [0.25, 0.3) is 0 Å². The first-order chi connectivity index (χ1) is 7.72. The van der Waals surface area contributed by atoms with Gasteiger partial charge < -0.3 is 10.6 Å². The smallest absolute Gasteiger partial charge is 0.240 e. The summed E-state index contributed by atoms with van der Waals surface area (Å²) >= 11 is 1.70. The number of thiophene rings is 1. The van der Waals surface area contributed by atoms with Crippen molar-refractivity contribution in [2.45, 2.75) is 44.8 Å². The Hall–Kier alpha value is -0.870. The molecule has 0 aromatic carbocycles. The number of amides is 1. The number of hydrogen-bond acceptors (Lipinski definition) is 3. The Balaban J connectivity index is 2.02. The van der Waals surface area contributed by atoms with Crippen LogP contribution in [0.1, 0.15) is 31.1 Å². The average Bonchev–Trinajstić information content (AvgIpc) is 3.01. The van der Waals surface area contributed by atoms with E-state index in [4.69, 9.17) is 5.73 Å². The van der Waals surface area contributed by atoms with Gasteiger partial charge in [-0.3, -0.25) is 4.79 Å². The maximum atomic E-state index is 12.1. The van der Waals surface area contributed by atoms with Crippen LogP contribution in [0, 0.1) is 0 Å². The van der Waals surface area contributed by atoms with Crippen molar-refractivity contribution < 1.29 is 4.79 Å². The molecule has 1 saturated carbocycles. The van der Waals surface area contributed by atoms with Gasteiger partial charge in [-0.2, -0.15) is 0 Å². The van der Waals surface area contributed by atoms with E-state index >= 15 is 0 Å². The van der Waals surface area contributed by atoms with Crippen molar-refractivity contribution in [2.75, 3.05) is 0 Å². The molecule has 1 aliphatic rings. The van der Waals surface area contributed by atoms with Crippen molar-refractivity contribution in [3.05, 3.63) is 22.4 Å². The van der Waals surface area contributed by atoms with E-state index < -0.39 is 0 Å². The van der Waals surface area contributed by atoms with E-state index in [2.05, 4.69) is 6.07 Å². The number of nitrogens with zero attached hydrogens (tertiary/aromatic N) is 1. The van der Waals surface area contributed by atoms with Crippen LogP contribution >= 0.6 is 11.3 Å². The lowest BCUT2D eigenvalue weighted by atomic mass is 10.2. The van der Waals surface area contributed by atoms with Crippen LogP contribution in [0.3, 0.4) is 0 Å². The summed E-state index contributed by atoms with van der Waals surface area (Å²) in [5.74, 6) is 0.110. The van der Waals surface area contributed by atoms with E-state index in [1.54, 1.807) is 11.3 Å². The zero-order chi connectivity index (χ0) is 11.5. The standard InChI is InChI=1S/C12H18N2OS/c1-2-11(13)12(15)14(9-5-6-9)8-10-4-3-7-16-10/h3-4,7,9,11H,2,5-6,8,13H2,1H3/t11-/m1/s1. The van der Waals surface area contributed by atoms with Crippen molar-refractivity contribution in [1.82, 2.24) is 4.90 Å². The number of carbonyl (C=O) groups is 1. The minimum Gasteiger partial charge on any atom is -0.333 e. The highest BCUT2D eigenvalue weighted by atomic mass is 32.1. The van der Waals surface area contributed by atoms with Crippen LogP contribution in [-0.2, 0) is 11.3 Å². The Morgan fingerprint density at radius 1 is 1.69 bits per heavy atom. The van der Waals surface area contributed by atoms with Gasteiger partial charge >= 0.3 is 0 Å². The van der Waals surface area contributed by atoms with E-state index in [-0.39, 0.29) is 11.9 Å². The Labute approximate surface area is 100 Å². The molecule has 1 aliphatic carbocycles. The molecule has 0 saturated heterocycles. The van der Waals surface area contributed by atoms with E-state index in [1.807, 2.05) is 23.3 Å². The number of nitrogens with two attached hydrogens (primary N) is 1. The highest BCUT2D eigenvalue weighted by molar-refractivity contribution is 7.09. The van der Waals surface area contributed by atoms with Crippen LogP contribution in [0.25, 0.3) is 0 Å². The van der Waals surface area contributed by atoms with Crippen molar-refractivity contribution in [3.63, 3.8) is 0 Å². The average molecular weight is 238 g/mol. The fraction of sp³-hybridized carbons (Fsp3) is 0.583. The number of hydrogen-bond donors (Lipinski definition) is 1. The van der Waals surface area contributed by atoms with Gasteiger partial charge in [0.1, 0.15) is 0 Å². The largest absolute Gasteiger partial charge is 0.333 e. The first-order valence-electron chi connectivity index (χ1n) is 5.80. The molecular formula is C12H18N2OS. The van der Waals surface area contributed by atoms with E-state index in [9.17, 15) is 4.79 Å². The third kappa shape index (κ3) is 2.62. The van der Waals surface area contributed by atoms with Gasteiger partial charge in [-0.1, -0.05) is 13.0 Å². The van der Waals surface area contributed by atoms with Gasteiger partial charge in [-0.25, -0.2) is 0 Å². The summed E-state index contributed by atoms with van der Waals surface area (Å²) in [6.45, 7) is 2.69. The highest BCUT2D eigenvalue weighted by Crippen LogP contribution is 2.29. The Bertz CT molecular complexity index is 346. The molecule has 1 aromatic heterocycles. The molecule has 1 fully saturated rings. The summed E-state index contributed by atoms with van der Waals surface area (Å²) in [7, 11) is 0. The molecule has 2 N–H and O–H groups in total. The topological polar surface area (TPSA) is 46.3 Å². The molecule has 1 heterocycles. The third-order valence-electron chi connectivity index (χ3n) is 2.93. The van der Waals surface area contributed by atoms with E-state index in [0.29, 0.717) is 12.5 Å². The zero-order valence-corrected chi connectivity index (χ0v) is 10.4. The second kappa shape index (κ2) is 4.97. The molecular weight excluding hydrogens is 220 g/mol. The van der Waals surface area contributed by atoms with Gasteiger partial charge in [0, 0.05) is 10.9 Å². The maximum Gasteiger partial charge on any atom is 0.240 e. The molecule has 88 valence electrons. The monoisotopic (exact) mass is 238 g/mol. The molecule has 0 unspecified atom stereocenters. The van der Waals surface area contributed by atoms with Gasteiger partial charge in [0.15, 0.2) is 0 Å². The third-order valence-corrected chi connectivity index (χ3v) is 3.80. The molecule has 1 atom stereocenters. The van der Waals surface area contributed by atoms with Crippen molar-refractivity contribution >= 4 is 17.2 Å². The fourth-order valence-electron chi connectivity index (χ4n) is 1.73. The van der Waals surface area contributed by atoms with Gasteiger partial charge in [-0.05, 0) is 30.7 Å². The van der Waals surface area contributed by atoms with Gasteiger partial charge in [-0.15, -0.1) is 11.3 Å². The molecule has 2 rings (SSSR count). The molecule has 3 nitrogen and oxygen atoms in total. The fourth-order valence-corrected chi connectivity index (χ4v) is 2.43. The minimum atomic E-state index is -0.333. The first-order valence-corrected chi connectivity index (χ1v) is 6.68. The SMILES string of the molecule is CC[C@@H](N)C(=O)N(Cc1cccs1)C1CC1. The highest BCUT2D eigenvalue weighted by Gasteiger charge is 2.34. The maximum absolute atomic E-state index is 12.1.